The van der Waals surface area contributed by atoms with Crippen molar-refractivity contribution in [1.29, 1.82) is 0 Å². The van der Waals surface area contributed by atoms with Crippen molar-refractivity contribution in [3.63, 3.8) is 0 Å². The molecule has 0 saturated heterocycles. The Morgan fingerprint density at radius 2 is 2.05 bits per heavy atom. The number of hydrogen-bond acceptors (Lipinski definition) is 6. The van der Waals surface area contributed by atoms with Crippen molar-refractivity contribution in [2.75, 3.05) is 32.7 Å². The van der Waals surface area contributed by atoms with E-state index in [2.05, 4.69) is 25.6 Å². The van der Waals surface area contributed by atoms with Gasteiger partial charge in [-0.3, -0.25) is 5.32 Å². The highest BCUT2D eigenvalue weighted by Gasteiger charge is 2.42. The Morgan fingerprint density at radius 3 is 2.59 bits per heavy atom. The Bertz CT molecular complexity index is 528. The maximum absolute atomic E-state index is 11.8. The number of anilines is 1. The first-order chi connectivity index (χ1) is 10.6. The van der Waals surface area contributed by atoms with Crippen LogP contribution in [0.15, 0.2) is 12.1 Å². The summed E-state index contributed by atoms with van der Waals surface area (Å²) in [4.78, 5) is 23.0. The molecule has 1 aromatic heterocycles. The average molecular weight is 308 g/mol. The summed E-state index contributed by atoms with van der Waals surface area (Å²) in [5.41, 5.74) is 0.262. The van der Waals surface area contributed by atoms with Crippen LogP contribution < -0.4 is 10.6 Å². The minimum Gasteiger partial charge on any atom is -0.464 e. The molecule has 1 heterocycles. The number of hydrogen-bond donors (Lipinski definition) is 2. The van der Waals surface area contributed by atoms with E-state index in [0.717, 1.165) is 19.3 Å². The Balaban J connectivity index is 1.78. The second kappa shape index (κ2) is 7.17. The molecule has 1 fully saturated rings. The van der Waals surface area contributed by atoms with E-state index in [0.29, 0.717) is 13.2 Å². The van der Waals surface area contributed by atoms with E-state index in [1.165, 1.54) is 19.2 Å². The fraction of sp³-hybridized carbons (Fsp3) is 0.571. The number of nitrogens with zero attached hydrogens (tertiary/aromatic N) is 2. The minimum atomic E-state index is -0.572. The summed E-state index contributed by atoms with van der Waals surface area (Å²) in [6, 6.07) is 2.59. The summed E-state index contributed by atoms with van der Waals surface area (Å²) in [5.74, 6) is -0.302. The van der Waals surface area contributed by atoms with Crippen molar-refractivity contribution in [1.82, 2.24) is 15.5 Å². The molecule has 0 aliphatic heterocycles. The van der Waals surface area contributed by atoms with E-state index >= 15 is 0 Å². The fourth-order valence-electron chi connectivity index (χ4n) is 2.05. The van der Waals surface area contributed by atoms with Gasteiger partial charge in [0.15, 0.2) is 11.5 Å². The molecule has 22 heavy (non-hydrogen) atoms. The molecule has 1 aliphatic rings. The van der Waals surface area contributed by atoms with Gasteiger partial charge in [-0.15, -0.1) is 10.2 Å². The smallest absolute Gasteiger partial charge is 0.358 e. The third kappa shape index (κ3) is 4.39. The van der Waals surface area contributed by atoms with Crippen LogP contribution in [0, 0.1) is 5.41 Å². The van der Waals surface area contributed by atoms with Crippen molar-refractivity contribution in [2.24, 2.45) is 5.41 Å². The standard InChI is InChI=1S/C14H20N4O4/c1-21-8-7-14(5-6-14)9-15-13(20)16-11-4-3-10(17-18-11)12(19)22-2/h3-4H,5-9H2,1-2H3,(H2,15,16,18,20). The van der Waals surface area contributed by atoms with Crippen molar-refractivity contribution in [2.45, 2.75) is 19.3 Å². The third-order valence-corrected chi connectivity index (χ3v) is 3.72. The van der Waals surface area contributed by atoms with Gasteiger partial charge < -0.3 is 14.8 Å². The Morgan fingerprint density at radius 1 is 1.27 bits per heavy atom. The van der Waals surface area contributed by atoms with Gasteiger partial charge in [0.1, 0.15) is 0 Å². The van der Waals surface area contributed by atoms with Crippen LogP contribution in [0.5, 0.6) is 0 Å². The van der Waals surface area contributed by atoms with Gasteiger partial charge in [-0.2, -0.15) is 0 Å². The molecular weight excluding hydrogens is 288 g/mol. The fourth-order valence-corrected chi connectivity index (χ4v) is 2.05. The average Bonchev–Trinajstić information content (AvgIpc) is 3.31. The molecular formula is C14H20N4O4. The number of carbonyl (C=O) groups is 2. The van der Waals surface area contributed by atoms with E-state index < -0.39 is 5.97 Å². The van der Waals surface area contributed by atoms with Gasteiger partial charge in [0.2, 0.25) is 0 Å². The van der Waals surface area contributed by atoms with Crippen LogP contribution in [-0.2, 0) is 9.47 Å². The lowest BCUT2D eigenvalue weighted by atomic mass is 10.0. The molecule has 0 atom stereocenters. The monoisotopic (exact) mass is 308 g/mol. The van der Waals surface area contributed by atoms with Crippen molar-refractivity contribution in [3.05, 3.63) is 17.8 Å². The predicted octanol–water partition coefficient (Wildman–Crippen LogP) is 1.20. The number of methoxy groups -OCH3 is 2. The van der Waals surface area contributed by atoms with Crippen LogP contribution in [0.1, 0.15) is 29.8 Å². The lowest BCUT2D eigenvalue weighted by Crippen LogP contribution is -2.34. The molecule has 1 aromatic rings. The second-order valence-electron chi connectivity index (χ2n) is 5.35. The number of amides is 2. The van der Waals surface area contributed by atoms with Crippen LogP contribution in [0.4, 0.5) is 10.6 Å². The van der Waals surface area contributed by atoms with Gasteiger partial charge in [0.25, 0.3) is 0 Å². The number of carbonyl (C=O) groups excluding carboxylic acids is 2. The van der Waals surface area contributed by atoms with Crippen molar-refractivity contribution >= 4 is 17.8 Å². The normalized spacial score (nSPS) is 15.0. The molecule has 0 aromatic carbocycles. The summed E-state index contributed by atoms with van der Waals surface area (Å²) in [6.45, 7) is 1.31. The molecule has 8 nitrogen and oxygen atoms in total. The maximum Gasteiger partial charge on any atom is 0.358 e. The van der Waals surface area contributed by atoms with Gasteiger partial charge in [-0.1, -0.05) is 0 Å². The van der Waals surface area contributed by atoms with E-state index in [1.54, 1.807) is 7.11 Å². The predicted molar refractivity (Wildman–Crippen MR) is 78.6 cm³/mol. The first-order valence-corrected chi connectivity index (χ1v) is 7.04. The molecule has 2 N–H and O–H groups in total. The van der Waals surface area contributed by atoms with Crippen LogP contribution >= 0.6 is 0 Å². The van der Waals surface area contributed by atoms with Crippen LogP contribution in [0.3, 0.4) is 0 Å². The van der Waals surface area contributed by atoms with E-state index in [4.69, 9.17) is 4.74 Å². The topological polar surface area (TPSA) is 102 Å². The zero-order valence-electron chi connectivity index (χ0n) is 12.7. The Hall–Kier alpha value is -2.22. The quantitative estimate of drug-likeness (QED) is 0.734. The molecule has 1 aliphatic carbocycles. The van der Waals surface area contributed by atoms with Gasteiger partial charge in [-0.25, -0.2) is 9.59 Å². The molecule has 2 rings (SSSR count). The molecule has 120 valence electrons. The van der Waals surface area contributed by atoms with E-state index in [1.807, 2.05) is 0 Å². The highest BCUT2D eigenvalue weighted by atomic mass is 16.5. The number of ether oxygens (including phenoxy) is 2. The first-order valence-electron chi connectivity index (χ1n) is 7.04. The second-order valence-corrected chi connectivity index (χ2v) is 5.35. The van der Waals surface area contributed by atoms with E-state index in [9.17, 15) is 9.59 Å². The lowest BCUT2D eigenvalue weighted by molar-refractivity contribution is 0.0593. The van der Waals surface area contributed by atoms with E-state index in [-0.39, 0.29) is 23.0 Å². The zero-order chi connectivity index (χ0) is 16.0. The van der Waals surface area contributed by atoms with Crippen LogP contribution in [-0.4, -0.2) is 49.6 Å². The van der Waals surface area contributed by atoms with Gasteiger partial charge in [0.05, 0.1) is 7.11 Å². The summed E-state index contributed by atoms with van der Waals surface area (Å²) in [6.07, 6.45) is 3.14. The zero-order valence-corrected chi connectivity index (χ0v) is 12.7. The molecule has 0 spiro atoms. The summed E-state index contributed by atoms with van der Waals surface area (Å²) in [7, 11) is 2.94. The van der Waals surface area contributed by atoms with Crippen LogP contribution in [0.25, 0.3) is 0 Å². The molecule has 0 radical (unpaired) electrons. The maximum atomic E-state index is 11.8. The minimum absolute atomic E-state index is 0.0879. The summed E-state index contributed by atoms with van der Waals surface area (Å²) < 4.78 is 9.60. The molecule has 0 unspecified atom stereocenters. The third-order valence-electron chi connectivity index (χ3n) is 3.72. The van der Waals surface area contributed by atoms with Crippen molar-refractivity contribution in [3.8, 4) is 0 Å². The van der Waals surface area contributed by atoms with Gasteiger partial charge in [-0.05, 0) is 36.8 Å². The number of nitrogens with one attached hydrogen (secondary N) is 2. The highest BCUT2D eigenvalue weighted by Crippen LogP contribution is 2.48. The largest absolute Gasteiger partial charge is 0.464 e. The Labute approximate surface area is 128 Å². The SMILES string of the molecule is COCCC1(CNC(=O)Nc2ccc(C(=O)OC)nn2)CC1. The van der Waals surface area contributed by atoms with Gasteiger partial charge >= 0.3 is 12.0 Å². The number of urea groups is 1. The highest BCUT2D eigenvalue weighted by molar-refractivity contribution is 5.89. The lowest BCUT2D eigenvalue weighted by Gasteiger charge is -2.15. The molecule has 2 amide bonds. The Kier molecular flexibility index (Phi) is 5.26. The number of esters is 1. The molecule has 1 saturated carbocycles. The molecule has 0 bridgehead atoms. The first kappa shape index (κ1) is 16.2. The van der Waals surface area contributed by atoms with Crippen molar-refractivity contribution < 1.29 is 19.1 Å². The van der Waals surface area contributed by atoms with Crippen LogP contribution in [0.2, 0.25) is 0 Å². The molecule has 8 heteroatoms. The summed E-state index contributed by atoms with van der Waals surface area (Å²) >= 11 is 0. The summed E-state index contributed by atoms with van der Waals surface area (Å²) in [5, 5.41) is 12.8. The van der Waals surface area contributed by atoms with Gasteiger partial charge in [0, 0.05) is 20.3 Å². The number of rotatable bonds is 7. The number of aromatic nitrogens is 2.